The van der Waals surface area contributed by atoms with Crippen LogP contribution in [0, 0.1) is 11.7 Å². The van der Waals surface area contributed by atoms with E-state index in [4.69, 9.17) is 9.47 Å². The molecule has 3 amide bonds. The van der Waals surface area contributed by atoms with Crippen molar-refractivity contribution in [1.29, 1.82) is 0 Å². The number of sulfonamides is 1. The van der Waals surface area contributed by atoms with Gasteiger partial charge in [-0.25, -0.2) is 22.4 Å². The molecule has 0 aromatic heterocycles. The number of benzene rings is 1. The lowest BCUT2D eigenvalue weighted by Crippen LogP contribution is -2.42. The first-order valence-electron chi connectivity index (χ1n) is 9.73. The van der Waals surface area contributed by atoms with E-state index in [0.717, 1.165) is 28.9 Å². The van der Waals surface area contributed by atoms with Crippen LogP contribution in [0.5, 0.6) is 0 Å². The Bertz CT molecular complexity index is 915. The molecule has 1 fully saturated rings. The van der Waals surface area contributed by atoms with Gasteiger partial charge in [-0.15, -0.1) is 0 Å². The Labute approximate surface area is 180 Å². The summed E-state index contributed by atoms with van der Waals surface area (Å²) in [7, 11) is -4.17. The number of amides is 3. The number of halogens is 1. The molecule has 2 rings (SSSR count). The van der Waals surface area contributed by atoms with Crippen LogP contribution in [0.2, 0.25) is 0 Å². The van der Waals surface area contributed by atoms with Crippen LogP contribution in [0.15, 0.2) is 23.1 Å². The van der Waals surface area contributed by atoms with Crippen LogP contribution in [-0.2, 0) is 24.3 Å². The number of hydrogen-bond acceptors (Lipinski definition) is 7. The Hall–Kier alpha value is -2.57. The van der Waals surface area contributed by atoms with E-state index in [1.165, 1.54) is 0 Å². The second-order valence-electron chi connectivity index (χ2n) is 7.22. The first-order valence-corrected chi connectivity index (χ1v) is 11.2. The number of carbonyl (C=O) groups excluding carboxylic acids is 3. The van der Waals surface area contributed by atoms with Gasteiger partial charge >= 0.3 is 12.0 Å². The number of urea groups is 1. The molecule has 172 valence electrons. The van der Waals surface area contributed by atoms with Gasteiger partial charge in [0.15, 0.2) is 6.61 Å². The third-order valence-electron chi connectivity index (χ3n) is 4.35. The molecule has 0 radical (unpaired) electrons. The minimum atomic E-state index is -4.17. The number of morpholine rings is 1. The molecule has 0 saturated carbocycles. The van der Waals surface area contributed by atoms with Gasteiger partial charge in [-0.2, -0.15) is 4.31 Å². The first-order chi connectivity index (χ1) is 14.6. The van der Waals surface area contributed by atoms with E-state index in [2.05, 4.69) is 5.32 Å². The van der Waals surface area contributed by atoms with Crippen molar-refractivity contribution in [3.63, 3.8) is 0 Å². The van der Waals surface area contributed by atoms with Crippen molar-refractivity contribution in [2.75, 3.05) is 39.5 Å². The van der Waals surface area contributed by atoms with Crippen LogP contribution >= 0.6 is 0 Å². The largest absolute Gasteiger partial charge is 0.452 e. The monoisotopic (exact) mass is 459 g/mol. The fraction of sp³-hybridized carbons (Fsp3) is 0.526. The molecular formula is C19H26FN3O7S. The number of esters is 1. The molecular weight excluding hydrogens is 433 g/mol. The maximum atomic E-state index is 14.2. The number of hydrogen-bond donors (Lipinski definition) is 2. The molecule has 1 heterocycles. The highest BCUT2D eigenvalue weighted by molar-refractivity contribution is 7.89. The molecule has 0 spiro atoms. The second-order valence-corrected chi connectivity index (χ2v) is 9.13. The van der Waals surface area contributed by atoms with E-state index in [1.54, 1.807) is 0 Å². The van der Waals surface area contributed by atoms with Crippen molar-refractivity contribution < 1.29 is 36.7 Å². The Morgan fingerprint density at radius 2 is 1.90 bits per heavy atom. The number of rotatable bonds is 8. The zero-order valence-corrected chi connectivity index (χ0v) is 18.2. The molecule has 1 aromatic carbocycles. The van der Waals surface area contributed by atoms with Crippen molar-refractivity contribution in [1.82, 2.24) is 14.9 Å². The molecule has 0 aliphatic carbocycles. The third kappa shape index (κ3) is 7.26. The molecule has 1 aromatic rings. The lowest BCUT2D eigenvalue weighted by molar-refractivity contribution is -0.123. The highest BCUT2D eigenvalue weighted by atomic mass is 32.2. The zero-order valence-electron chi connectivity index (χ0n) is 17.4. The molecule has 0 bridgehead atoms. The quantitative estimate of drug-likeness (QED) is 0.552. The molecule has 12 heteroatoms. The normalized spacial score (nSPS) is 14.8. The fourth-order valence-corrected chi connectivity index (χ4v) is 4.15. The molecule has 31 heavy (non-hydrogen) atoms. The molecule has 0 atom stereocenters. The SMILES string of the molecule is CC(C)CCNC(=O)NC(=O)COC(=O)c1ccc(F)c(S(=O)(=O)N2CCOCC2)c1. The van der Waals surface area contributed by atoms with E-state index in [0.29, 0.717) is 12.5 Å². The molecule has 1 aliphatic rings. The Morgan fingerprint density at radius 3 is 2.55 bits per heavy atom. The summed E-state index contributed by atoms with van der Waals surface area (Å²) < 4.78 is 50.5. The van der Waals surface area contributed by atoms with Crippen molar-refractivity contribution in [2.24, 2.45) is 5.92 Å². The Morgan fingerprint density at radius 1 is 1.23 bits per heavy atom. The van der Waals surface area contributed by atoms with E-state index < -0.39 is 45.3 Å². The van der Waals surface area contributed by atoms with E-state index in [1.807, 2.05) is 19.2 Å². The predicted octanol–water partition coefficient (Wildman–Crippen LogP) is 0.875. The standard InChI is InChI=1S/C19H26FN3O7S/c1-13(2)5-6-21-19(26)22-17(24)12-30-18(25)14-3-4-15(20)16(11-14)31(27,28)23-7-9-29-10-8-23/h3-4,11,13H,5-10,12H2,1-2H3,(H2,21,22,24,26). The van der Waals surface area contributed by atoms with Gasteiger partial charge in [0.1, 0.15) is 10.7 Å². The van der Waals surface area contributed by atoms with Crippen molar-refractivity contribution in [3.8, 4) is 0 Å². The van der Waals surface area contributed by atoms with Crippen LogP contribution in [0.25, 0.3) is 0 Å². The smallest absolute Gasteiger partial charge is 0.338 e. The highest BCUT2D eigenvalue weighted by Crippen LogP contribution is 2.22. The Balaban J connectivity index is 1.96. The predicted molar refractivity (Wildman–Crippen MR) is 107 cm³/mol. The summed E-state index contributed by atoms with van der Waals surface area (Å²) in [6.45, 7) is 4.08. The summed E-state index contributed by atoms with van der Waals surface area (Å²) >= 11 is 0. The molecule has 1 saturated heterocycles. The van der Waals surface area contributed by atoms with Gasteiger partial charge in [0.2, 0.25) is 10.0 Å². The third-order valence-corrected chi connectivity index (χ3v) is 6.26. The van der Waals surface area contributed by atoms with E-state index >= 15 is 0 Å². The van der Waals surface area contributed by atoms with Gasteiger partial charge in [-0.05, 0) is 30.5 Å². The average Bonchev–Trinajstić information content (AvgIpc) is 2.72. The zero-order chi connectivity index (χ0) is 23.0. The first kappa shape index (κ1) is 24.7. The van der Waals surface area contributed by atoms with E-state index in [-0.39, 0.29) is 31.9 Å². The topological polar surface area (TPSA) is 131 Å². The summed E-state index contributed by atoms with van der Waals surface area (Å²) in [5, 5.41) is 4.50. The summed E-state index contributed by atoms with van der Waals surface area (Å²) in [5.74, 6) is -2.53. The molecule has 1 aliphatic heterocycles. The second kappa shape index (κ2) is 11.2. The summed E-state index contributed by atoms with van der Waals surface area (Å²) in [6, 6.07) is 2.03. The summed E-state index contributed by atoms with van der Waals surface area (Å²) in [6.07, 6.45) is 0.733. The van der Waals surface area contributed by atoms with Crippen LogP contribution in [-0.4, -0.2) is 70.1 Å². The van der Waals surface area contributed by atoms with Crippen molar-refractivity contribution in [3.05, 3.63) is 29.6 Å². The number of ether oxygens (including phenoxy) is 2. The number of carbonyl (C=O) groups is 3. The van der Waals surface area contributed by atoms with Gasteiger partial charge < -0.3 is 14.8 Å². The van der Waals surface area contributed by atoms with Gasteiger partial charge in [0, 0.05) is 19.6 Å². The molecule has 10 nitrogen and oxygen atoms in total. The van der Waals surface area contributed by atoms with Crippen LogP contribution in [0.4, 0.5) is 9.18 Å². The fourth-order valence-electron chi connectivity index (χ4n) is 2.65. The van der Waals surface area contributed by atoms with Gasteiger partial charge in [-0.3, -0.25) is 10.1 Å². The minimum Gasteiger partial charge on any atom is -0.452 e. The maximum absolute atomic E-state index is 14.2. The van der Waals surface area contributed by atoms with E-state index in [9.17, 15) is 27.2 Å². The average molecular weight is 459 g/mol. The highest BCUT2D eigenvalue weighted by Gasteiger charge is 2.30. The molecule has 0 unspecified atom stereocenters. The van der Waals surface area contributed by atoms with Gasteiger partial charge in [0.25, 0.3) is 5.91 Å². The molecule has 2 N–H and O–H groups in total. The van der Waals surface area contributed by atoms with Gasteiger partial charge in [-0.1, -0.05) is 13.8 Å². The number of nitrogens with one attached hydrogen (secondary N) is 2. The van der Waals surface area contributed by atoms with Crippen LogP contribution < -0.4 is 10.6 Å². The van der Waals surface area contributed by atoms with Gasteiger partial charge in [0.05, 0.1) is 18.8 Å². The van der Waals surface area contributed by atoms with Crippen molar-refractivity contribution in [2.45, 2.75) is 25.2 Å². The lowest BCUT2D eigenvalue weighted by Gasteiger charge is -2.26. The summed E-state index contributed by atoms with van der Waals surface area (Å²) in [4.78, 5) is 34.9. The Kier molecular flexibility index (Phi) is 8.89. The lowest BCUT2D eigenvalue weighted by atomic mass is 10.1. The number of imide groups is 1. The maximum Gasteiger partial charge on any atom is 0.338 e. The minimum absolute atomic E-state index is 0.0653. The number of nitrogens with zero attached hydrogens (tertiary/aromatic N) is 1. The van der Waals surface area contributed by atoms with Crippen LogP contribution in [0.3, 0.4) is 0 Å². The van der Waals surface area contributed by atoms with Crippen molar-refractivity contribution >= 4 is 27.9 Å². The van der Waals surface area contributed by atoms with Crippen LogP contribution in [0.1, 0.15) is 30.6 Å². The summed E-state index contributed by atoms with van der Waals surface area (Å²) in [5.41, 5.74) is -0.248.